The molecular weight excluding hydrogens is 367 g/mol. The van der Waals surface area contributed by atoms with Gasteiger partial charge < -0.3 is 4.74 Å². The summed E-state index contributed by atoms with van der Waals surface area (Å²) in [6, 6.07) is 0. The second-order valence-electron chi connectivity index (χ2n) is 7.42. The smallest absolute Gasteiger partial charge is 0.305 e. The molecule has 0 aromatic carbocycles. The molecule has 0 aromatic rings. The first-order chi connectivity index (χ1) is 14.0. The second kappa shape index (κ2) is 14.7. The fourth-order valence-corrected chi connectivity index (χ4v) is 3.65. The molecule has 0 heterocycles. The first-order valence-electron chi connectivity index (χ1n) is 10.6. The monoisotopic (exact) mass is 402 g/mol. The number of carbonyl (C=O) groups is 2. The summed E-state index contributed by atoms with van der Waals surface area (Å²) in [4.78, 5) is 23.3. The zero-order valence-corrected chi connectivity index (χ0v) is 17.9. The van der Waals surface area contributed by atoms with Gasteiger partial charge in [-0.3, -0.25) is 9.59 Å². The van der Waals surface area contributed by atoms with E-state index in [9.17, 15) is 14.0 Å². The van der Waals surface area contributed by atoms with Crippen molar-refractivity contribution in [3.05, 3.63) is 60.5 Å². The van der Waals surface area contributed by atoms with Crippen LogP contribution in [-0.2, 0) is 14.3 Å². The molecular formula is C25H35FO3. The summed E-state index contributed by atoms with van der Waals surface area (Å²) < 4.78 is 18.4. The maximum Gasteiger partial charge on any atom is 0.305 e. The number of ether oxygens (including phenoxy) is 1. The minimum absolute atomic E-state index is 0.0351. The SMILES string of the molecule is C=C/C=C(CCC(=O)/C=C/[C@H]1CCC[C@@H]1C/C=C\CCCC(=O)OC)\C(F)=C/C. The summed E-state index contributed by atoms with van der Waals surface area (Å²) >= 11 is 0. The van der Waals surface area contributed by atoms with E-state index < -0.39 is 0 Å². The molecule has 0 unspecified atom stereocenters. The second-order valence-corrected chi connectivity index (χ2v) is 7.42. The van der Waals surface area contributed by atoms with Crippen molar-refractivity contribution in [3.63, 3.8) is 0 Å². The van der Waals surface area contributed by atoms with Gasteiger partial charge in [-0.2, -0.15) is 0 Å². The molecule has 1 aliphatic carbocycles. The number of allylic oxidation sites excluding steroid dienone is 9. The lowest BCUT2D eigenvalue weighted by Crippen LogP contribution is -2.05. The number of rotatable bonds is 13. The predicted octanol–water partition coefficient (Wildman–Crippen LogP) is 6.58. The lowest BCUT2D eigenvalue weighted by molar-refractivity contribution is -0.140. The van der Waals surface area contributed by atoms with Crippen LogP contribution < -0.4 is 0 Å². The van der Waals surface area contributed by atoms with Gasteiger partial charge in [-0.25, -0.2) is 4.39 Å². The van der Waals surface area contributed by atoms with Gasteiger partial charge in [-0.1, -0.05) is 49.5 Å². The number of ketones is 1. The fraction of sp³-hybridized carbons (Fsp3) is 0.520. The highest BCUT2D eigenvalue weighted by Crippen LogP contribution is 2.35. The number of halogens is 1. The van der Waals surface area contributed by atoms with Crippen LogP contribution in [0.15, 0.2) is 60.5 Å². The van der Waals surface area contributed by atoms with Crippen LogP contribution in [0, 0.1) is 11.8 Å². The van der Waals surface area contributed by atoms with E-state index in [-0.39, 0.29) is 17.6 Å². The lowest BCUT2D eigenvalue weighted by atomic mass is 9.91. The number of esters is 1. The zero-order chi connectivity index (χ0) is 21.5. The average Bonchev–Trinajstić information content (AvgIpc) is 3.18. The highest BCUT2D eigenvalue weighted by atomic mass is 19.1. The van der Waals surface area contributed by atoms with Crippen LogP contribution in [0.3, 0.4) is 0 Å². The summed E-state index contributed by atoms with van der Waals surface area (Å²) in [5.41, 5.74) is 0.514. The number of carbonyl (C=O) groups excluding carboxylic acids is 2. The first kappa shape index (κ1) is 24.8. The van der Waals surface area contributed by atoms with E-state index in [1.54, 1.807) is 25.2 Å². The van der Waals surface area contributed by atoms with Gasteiger partial charge in [0.25, 0.3) is 0 Å². The molecule has 0 aromatic heterocycles. The van der Waals surface area contributed by atoms with Gasteiger partial charge in [0.2, 0.25) is 0 Å². The molecule has 29 heavy (non-hydrogen) atoms. The minimum Gasteiger partial charge on any atom is -0.469 e. The Morgan fingerprint density at radius 1 is 1.17 bits per heavy atom. The number of unbranched alkanes of at least 4 members (excludes halogenated alkanes) is 1. The number of hydrogen-bond donors (Lipinski definition) is 0. The largest absolute Gasteiger partial charge is 0.469 e. The third-order valence-electron chi connectivity index (χ3n) is 5.35. The van der Waals surface area contributed by atoms with Crippen LogP contribution in [0.1, 0.15) is 64.7 Å². The van der Waals surface area contributed by atoms with Gasteiger partial charge in [0.1, 0.15) is 5.83 Å². The van der Waals surface area contributed by atoms with E-state index in [1.807, 2.05) is 6.08 Å². The van der Waals surface area contributed by atoms with Gasteiger partial charge in [-0.05, 0) is 68.9 Å². The van der Waals surface area contributed by atoms with E-state index >= 15 is 0 Å². The summed E-state index contributed by atoms with van der Waals surface area (Å²) in [5.74, 6) is 0.565. The molecule has 0 aliphatic heterocycles. The third kappa shape index (κ3) is 10.2. The molecule has 2 atom stereocenters. The Balaban J connectivity index is 2.41. The Bertz CT molecular complexity index is 655. The van der Waals surface area contributed by atoms with Crippen LogP contribution >= 0.6 is 0 Å². The molecule has 4 heteroatoms. The van der Waals surface area contributed by atoms with Crippen molar-refractivity contribution < 1.29 is 18.7 Å². The predicted molar refractivity (Wildman–Crippen MR) is 117 cm³/mol. The van der Waals surface area contributed by atoms with Crippen LogP contribution in [0.25, 0.3) is 0 Å². The van der Waals surface area contributed by atoms with Gasteiger partial charge >= 0.3 is 5.97 Å². The highest BCUT2D eigenvalue weighted by Gasteiger charge is 2.24. The minimum atomic E-state index is -0.295. The molecule has 1 fully saturated rings. The normalized spacial score (nSPS) is 20.5. The van der Waals surface area contributed by atoms with Crippen molar-refractivity contribution in [2.24, 2.45) is 11.8 Å². The summed E-state index contributed by atoms with van der Waals surface area (Å²) in [7, 11) is 1.41. The molecule has 1 saturated carbocycles. The molecule has 160 valence electrons. The van der Waals surface area contributed by atoms with E-state index in [2.05, 4.69) is 23.5 Å². The maximum absolute atomic E-state index is 13.8. The van der Waals surface area contributed by atoms with E-state index in [0.717, 1.165) is 25.7 Å². The van der Waals surface area contributed by atoms with Crippen molar-refractivity contribution in [3.8, 4) is 0 Å². The third-order valence-corrected chi connectivity index (χ3v) is 5.35. The average molecular weight is 403 g/mol. The summed E-state index contributed by atoms with van der Waals surface area (Å²) in [6.07, 6.45) is 19.9. The summed E-state index contributed by atoms with van der Waals surface area (Å²) in [6.45, 7) is 5.24. The first-order valence-corrected chi connectivity index (χ1v) is 10.6. The molecule has 0 bridgehead atoms. The number of methoxy groups -OCH3 is 1. The molecule has 0 saturated heterocycles. The van der Waals surface area contributed by atoms with Gasteiger partial charge in [-0.15, -0.1) is 0 Å². The van der Waals surface area contributed by atoms with Crippen molar-refractivity contribution in [1.82, 2.24) is 0 Å². The quantitative estimate of drug-likeness (QED) is 0.115. The van der Waals surface area contributed by atoms with Crippen molar-refractivity contribution in [2.75, 3.05) is 7.11 Å². The Hall–Kier alpha value is -2.23. The van der Waals surface area contributed by atoms with Gasteiger partial charge in [0, 0.05) is 12.8 Å². The fourth-order valence-electron chi connectivity index (χ4n) is 3.65. The van der Waals surface area contributed by atoms with Crippen LogP contribution in [0.4, 0.5) is 4.39 Å². The van der Waals surface area contributed by atoms with E-state index in [4.69, 9.17) is 0 Å². The van der Waals surface area contributed by atoms with Crippen molar-refractivity contribution >= 4 is 11.8 Å². The molecule has 1 aliphatic rings. The van der Waals surface area contributed by atoms with E-state index in [0.29, 0.717) is 36.7 Å². The maximum atomic E-state index is 13.8. The standard InChI is InChI=1S/C25H35FO3/c1-4-11-22(24(26)5-2)17-19-23(27)18-16-21-14-10-13-20(21)12-8-6-7-9-15-25(28)29-3/h4-6,8,11,16,18,20-21H,1,7,9-10,12-15,17,19H2,2-3H3/b8-6-,18-16+,22-11-,24-5+/t20-,21+/m0/s1. The molecule has 0 spiro atoms. The molecule has 0 N–H and O–H groups in total. The Kier molecular flexibility index (Phi) is 12.6. The Morgan fingerprint density at radius 3 is 2.66 bits per heavy atom. The molecule has 1 rings (SSSR count). The molecule has 0 amide bonds. The molecule has 3 nitrogen and oxygen atoms in total. The lowest BCUT2D eigenvalue weighted by Gasteiger charge is -2.13. The van der Waals surface area contributed by atoms with Crippen molar-refractivity contribution in [2.45, 2.75) is 64.7 Å². The van der Waals surface area contributed by atoms with Crippen molar-refractivity contribution in [1.29, 1.82) is 0 Å². The Morgan fingerprint density at radius 2 is 1.97 bits per heavy atom. The zero-order valence-electron chi connectivity index (χ0n) is 17.9. The van der Waals surface area contributed by atoms with Gasteiger partial charge in [0.05, 0.1) is 7.11 Å². The topological polar surface area (TPSA) is 43.4 Å². The van der Waals surface area contributed by atoms with Gasteiger partial charge in [0.15, 0.2) is 5.78 Å². The van der Waals surface area contributed by atoms with E-state index in [1.165, 1.54) is 26.0 Å². The number of hydrogen-bond acceptors (Lipinski definition) is 3. The highest BCUT2D eigenvalue weighted by molar-refractivity contribution is 5.89. The Labute approximate surface area is 175 Å². The summed E-state index contributed by atoms with van der Waals surface area (Å²) in [5, 5.41) is 0. The van der Waals surface area contributed by atoms with Crippen LogP contribution in [0.5, 0.6) is 0 Å². The van der Waals surface area contributed by atoms with Crippen LogP contribution in [-0.4, -0.2) is 18.9 Å². The van der Waals surface area contributed by atoms with Crippen LogP contribution in [0.2, 0.25) is 0 Å². The molecule has 0 radical (unpaired) electrons.